The van der Waals surface area contributed by atoms with Gasteiger partial charge in [0.2, 0.25) is 23.6 Å². The number of ether oxygens (including phenoxy) is 3. The molecule has 2 aliphatic rings. The lowest BCUT2D eigenvalue weighted by molar-refractivity contribution is -0.144. The molecule has 5 amide bonds. The van der Waals surface area contributed by atoms with E-state index in [9.17, 15) is 29.1 Å². The monoisotopic (exact) mass is 1050 g/mol. The van der Waals surface area contributed by atoms with Crippen LogP contribution in [0, 0.1) is 18.3 Å². The van der Waals surface area contributed by atoms with Gasteiger partial charge in [0, 0.05) is 69.1 Å². The summed E-state index contributed by atoms with van der Waals surface area (Å²) in [6.45, 7) is 12.1. The van der Waals surface area contributed by atoms with Crippen LogP contribution in [0.25, 0.3) is 32.4 Å². The summed E-state index contributed by atoms with van der Waals surface area (Å²) in [6, 6.07) is 17.2. The first-order valence-electron chi connectivity index (χ1n) is 25.6. The Morgan fingerprint density at radius 1 is 0.907 bits per heavy atom. The standard InChI is InChI=1S/C54H69N11O9S/c1-34-49(75-33-57-34)37-8-6-35(7-9-37)28-56-52(70)45-27-41(66)31-65(45)53(71)50(54(2,3)4)62-47(67)15-18-72-20-22-74-23-21-73-19-16-55-48(68)24-36-14-17-64(30-36)32-46-60-42-12-11-40(26-43(42)61-46)59-51(69)38-10-13-44-39(25-38)29-58-63(44)5/h6-13,25-26,29,33,36,41,45,50,66H,14-24,27-28,30-32H2,1-5H3,(H,55,68)(H,56,70)(H,59,69)(H,60,61)(H,62,67)/t36?,41-,45+,50-/m1/s1. The molecule has 0 bridgehead atoms. The van der Waals surface area contributed by atoms with E-state index in [1.54, 1.807) is 28.3 Å². The number of aliphatic hydroxyl groups excluding tert-OH is 1. The molecule has 6 aromatic rings. The molecule has 4 atom stereocenters. The van der Waals surface area contributed by atoms with Gasteiger partial charge in [-0.15, -0.1) is 11.3 Å². The molecule has 0 spiro atoms. The van der Waals surface area contributed by atoms with Crippen LogP contribution in [0.5, 0.6) is 0 Å². The summed E-state index contributed by atoms with van der Waals surface area (Å²) in [5.41, 5.74) is 7.84. The number of amides is 5. The number of thiazole rings is 1. The number of aliphatic hydroxyl groups is 1. The molecule has 0 radical (unpaired) electrons. The number of aromatic amines is 1. The number of hydrogen-bond acceptors (Lipinski definition) is 14. The lowest BCUT2D eigenvalue weighted by Crippen LogP contribution is -2.57. The van der Waals surface area contributed by atoms with Gasteiger partial charge in [0.25, 0.3) is 5.91 Å². The highest BCUT2D eigenvalue weighted by Crippen LogP contribution is 2.29. The molecule has 2 saturated heterocycles. The van der Waals surface area contributed by atoms with Crippen molar-refractivity contribution >= 4 is 68.5 Å². The summed E-state index contributed by atoms with van der Waals surface area (Å²) >= 11 is 1.57. The summed E-state index contributed by atoms with van der Waals surface area (Å²) in [4.78, 5) is 83.4. The first kappa shape index (κ1) is 54.6. The van der Waals surface area contributed by atoms with Crippen LogP contribution in [0.1, 0.15) is 73.9 Å². The molecular formula is C54H69N11O9S. The lowest BCUT2D eigenvalue weighted by atomic mass is 9.85. The van der Waals surface area contributed by atoms with Crippen molar-refractivity contribution in [2.45, 2.75) is 84.7 Å². The van der Waals surface area contributed by atoms with Crippen LogP contribution in [0.4, 0.5) is 5.69 Å². The number of imidazole rings is 1. The van der Waals surface area contributed by atoms with E-state index >= 15 is 0 Å². The van der Waals surface area contributed by atoms with Crippen molar-refractivity contribution in [3.8, 4) is 10.4 Å². The topological polar surface area (TPSA) is 247 Å². The van der Waals surface area contributed by atoms with Crippen molar-refractivity contribution < 1.29 is 43.3 Å². The third-order valence-corrected chi connectivity index (χ3v) is 14.5. The molecule has 3 aromatic heterocycles. The highest BCUT2D eigenvalue weighted by atomic mass is 32.1. The van der Waals surface area contributed by atoms with Crippen LogP contribution in [0.3, 0.4) is 0 Å². The number of anilines is 1. The summed E-state index contributed by atoms with van der Waals surface area (Å²) < 4.78 is 18.6. The Hall–Kier alpha value is -6.62. The fraction of sp³-hybridized carbons (Fsp3) is 0.481. The minimum absolute atomic E-state index is 0.0104. The third kappa shape index (κ3) is 14.8. The number of benzene rings is 3. The summed E-state index contributed by atoms with van der Waals surface area (Å²) in [5, 5.41) is 27.4. The van der Waals surface area contributed by atoms with Crippen molar-refractivity contribution in [1.29, 1.82) is 0 Å². The molecule has 2 fully saturated rings. The highest BCUT2D eigenvalue weighted by Gasteiger charge is 2.44. The van der Waals surface area contributed by atoms with E-state index in [-0.39, 0.29) is 68.7 Å². The summed E-state index contributed by atoms with van der Waals surface area (Å²) in [7, 11) is 1.87. The van der Waals surface area contributed by atoms with Gasteiger partial charge in [-0.1, -0.05) is 45.0 Å². The van der Waals surface area contributed by atoms with Gasteiger partial charge in [0.05, 0.1) is 91.1 Å². The highest BCUT2D eigenvalue weighted by molar-refractivity contribution is 7.13. The number of aryl methyl sites for hydroxylation is 2. The number of nitrogens with zero attached hydrogens (tertiary/aromatic N) is 6. The van der Waals surface area contributed by atoms with Gasteiger partial charge < -0.3 is 50.5 Å². The molecule has 0 aliphatic carbocycles. The predicted octanol–water partition coefficient (Wildman–Crippen LogP) is 4.71. The SMILES string of the molecule is Cc1ncsc1-c1ccc(CNC(=O)[C@@H]2C[C@@H](O)CN2C(=O)[C@@H](NC(=O)CCOCCOCCOCCNC(=O)CC2CCN(Cc3nc4cc(NC(=O)c5ccc6c(cnn6C)c5)ccc4[nH]3)C2)C(C)(C)C)cc1. The first-order valence-corrected chi connectivity index (χ1v) is 26.4. The minimum atomic E-state index is -0.938. The average molecular weight is 1050 g/mol. The second-order valence-electron chi connectivity index (χ2n) is 20.4. The lowest BCUT2D eigenvalue weighted by Gasteiger charge is -2.35. The molecule has 0 saturated carbocycles. The molecule has 20 nitrogen and oxygen atoms in total. The van der Waals surface area contributed by atoms with E-state index in [1.165, 1.54) is 4.90 Å². The van der Waals surface area contributed by atoms with Crippen molar-refractivity contribution in [1.82, 2.24) is 50.5 Å². The molecule has 3 aromatic carbocycles. The number of β-amino-alcohol motifs (C(OH)–C–C–N with tert-alkyl or cyclic N) is 1. The van der Waals surface area contributed by atoms with Gasteiger partial charge in [0.1, 0.15) is 17.9 Å². The Labute approximate surface area is 440 Å². The predicted molar refractivity (Wildman–Crippen MR) is 284 cm³/mol. The third-order valence-electron chi connectivity index (χ3n) is 13.5. The minimum Gasteiger partial charge on any atom is -0.391 e. The number of H-pyrrole nitrogens is 1. The van der Waals surface area contributed by atoms with Crippen LogP contribution in [0.15, 0.2) is 72.4 Å². The van der Waals surface area contributed by atoms with Gasteiger partial charge >= 0.3 is 0 Å². The zero-order valence-corrected chi connectivity index (χ0v) is 44.2. The Balaban J connectivity index is 0.647. The molecule has 5 heterocycles. The largest absolute Gasteiger partial charge is 0.391 e. The maximum Gasteiger partial charge on any atom is 0.255 e. The molecule has 1 unspecified atom stereocenters. The molecule has 8 rings (SSSR count). The average Bonchev–Trinajstić information content (AvgIpc) is 4.25. The second-order valence-corrected chi connectivity index (χ2v) is 21.2. The van der Waals surface area contributed by atoms with E-state index in [4.69, 9.17) is 19.2 Å². The number of likely N-dealkylation sites (tertiary alicyclic amines) is 2. The number of fused-ring (bicyclic) bond motifs is 2. The number of carbonyl (C=O) groups is 5. The fourth-order valence-electron chi connectivity index (χ4n) is 9.47. The molecule has 2 aliphatic heterocycles. The van der Waals surface area contributed by atoms with Crippen molar-refractivity contribution in [3.63, 3.8) is 0 Å². The second kappa shape index (κ2) is 25.3. The summed E-state index contributed by atoms with van der Waals surface area (Å²) in [5.74, 6) is -0.318. The van der Waals surface area contributed by atoms with Crippen LogP contribution < -0.4 is 21.3 Å². The Morgan fingerprint density at radius 2 is 1.67 bits per heavy atom. The normalized spacial score (nSPS) is 17.4. The van der Waals surface area contributed by atoms with Crippen molar-refractivity contribution in [2.24, 2.45) is 18.4 Å². The van der Waals surface area contributed by atoms with Crippen molar-refractivity contribution in [3.05, 3.63) is 95.0 Å². The van der Waals surface area contributed by atoms with Crippen LogP contribution in [-0.2, 0) is 53.5 Å². The molecule has 21 heteroatoms. The zero-order valence-electron chi connectivity index (χ0n) is 43.4. The van der Waals surface area contributed by atoms with Crippen LogP contribution >= 0.6 is 11.3 Å². The fourth-order valence-corrected chi connectivity index (χ4v) is 10.3. The maximum atomic E-state index is 14.0. The number of rotatable bonds is 24. The van der Waals surface area contributed by atoms with E-state index in [2.05, 4.69) is 41.2 Å². The van der Waals surface area contributed by atoms with Gasteiger partial charge in [-0.05, 0) is 78.7 Å². The summed E-state index contributed by atoms with van der Waals surface area (Å²) in [6.07, 6.45) is 2.34. The number of carbonyl (C=O) groups excluding carboxylic acids is 5. The quantitative estimate of drug-likeness (QED) is 0.0451. The van der Waals surface area contributed by atoms with Gasteiger partial charge in [-0.25, -0.2) is 9.97 Å². The number of aromatic nitrogens is 5. The Morgan fingerprint density at radius 3 is 2.41 bits per heavy atom. The smallest absolute Gasteiger partial charge is 0.255 e. The van der Waals surface area contributed by atoms with E-state index in [0.29, 0.717) is 57.2 Å². The number of hydrogen-bond donors (Lipinski definition) is 6. The van der Waals surface area contributed by atoms with Gasteiger partial charge in [0.15, 0.2) is 0 Å². The Kier molecular flexibility index (Phi) is 18.4. The molecule has 6 N–H and O–H groups in total. The number of nitrogens with one attached hydrogen (secondary N) is 5. The van der Waals surface area contributed by atoms with Gasteiger partial charge in [-0.2, -0.15) is 5.10 Å². The first-order chi connectivity index (χ1) is 36.1. The van der Waals surface area contributed by atoms with Crippen molar-refractivity contribution in [2.75, 3.05) is 71.1 Å². The molecule has 400 valence electrons. The van der Waals surface area contributed by atoms with Gasteiger partial charge in [-0.3, -0.25) is 33.6 Å². The van der Waals surface area contributed by atoms with E-state index in [0.717, 1.165) is 69.0 Å². The molecular weight excluding hydrogens is 979 g/mol. The Bertz CT molecular complexity index is 2930. The van der Waals surface area contributed by atoms with E-state index < -0.39 is 29.5 Å². The van der Waals surface area contributed by atoms with Crippen LogP contribution in [-0.4, -0.2) is 153 Å². The molecule has 75 heavy (non-hydrogen) atoms. The van der Waals surface area contributed by atoms with Crippen LogP contribution in [0.2, 0.25) is 0 Å². The zero-order chi connectivity index (χ0) is 53.1. The van der Waals surface area contributed by atoms with E-state index in [1.807, 2.05) is 94.9 Å². The maximum absolute atomic E-state index is 14.0.